The Morgan fingerprint density at radius 3 is 1.63 bits per heavy atom. The van der Waals surface area contributed by atoms with E-state index in [4.69, 9.17) is 11.5 Å². The number of benzene rings is 1. The third kappa shape index (κ3) is 32.6. The van der Waals surface area contributed by atoms with Gasteiger partial charge < -0.3 is 110 Å². The van der Waals surface area contributed by atoms with Crippen LogP contribution in [0.2, 0.25) is 0 Å². The third-order valence-corrected chi connectivity index (χ3v) is 17.8. The Bertz CT molecular complexity index is 3250. The minimum Gasteiger partial charge on any atom is -0.481 e. The van der Waals surface area contributed by atoms with Gasteiger partial charge in [0.25, 0.3) is 0 Å². The van der Waals surface area contributed by atoms with E-state index in [1.807, 2.05) is 12.2 Å². The predicted octanol–water partition coefficient (Wildman–Crippen LogP) is -4.51. The number of nitrogens with two attached hydrogens (primary N) is 2. The molecule has 13 amide bonds. The molecule has 0 unspecified atom stereocenters. The van der Waals surface area contributed by atoms with Gasteiger partial charge in [0.1, 0.15) is 72.5 Å². The van der Waals surface area contributed by atoms with Crippen molar-refractivity contribution < 1.29 is 116 Å². The summed E-state index contributed by atoms with van der Waals surface area (Å²) in [4.78, 5) is 234. The van der Waals surface area contributed by atoms with Crippen LogP contribution < -0.4 is 75.3 Å². The van der Waals surface area contributed by atoms with Gasteiger partial charge in [-0.2, -0.15) is 0 Å². The molecule has 106 heavy (non-hydrogen) atoms. The van der Waals surface area contributed by atoms with Crippen LogP contribution in [0.1, 0.15) is 145 Å². The number of aliphatic carboxylic acids is 3. The normalized spacial score (nSPS) is 16.8. The van der Waals surface area contributed by atoms with Gasteiger partial charge >= 0.3 is 25.7 Å². The van der Waals surface area contributed by atoms with Crippen molar-refractivity contribution in [3.8, 4) is 0 Å². The zero-order valence-electron chi connectivity index (χ0n) is 61.3. The lowest BCUT2D eigenvalue weighted by atomic mass is 9.97. The molecule has 0 aromatic heterocycles. The second kappa shape index (κ2) is 46.0. The van der Waals surface area contributed by atoms with E-state index in [0.717, 1.165) is 6.92 Å². The highest BCUT2D eigenvalue weighted by atomic mass is 31.2. The van der Waals surface area contributed by atoms with Crippen molar-refractivity contribution in [2.24, 2.45) is 35.1 Å². The highest BCUT2D eigenvalue weighted by Gasteiger charge is 2.41. The molecule has 15 atom stereocenters. The van der Waals surface area contributed by atoms with Crippen molar-refractivity contribution in [2.45, 2.75) is 225 Å². The monoisotopic (exact) mass is 1530 g/mol. The summed E-state index contributed by atoms with van der Waals surface area (Å²) < 4.78 is 16.4. The molecule has 1 aromatic carbocycles. The standard InChI is InChI=1S/C66H108N15O24P/c1-11-35(7)51(68)65(99)81-26-18-22-47(81)62(96)76-43(28-39-19-14-13-15-20-39)59(93)75-44(29-50(86)87)56(90)69-30-48(83)72-40(23-24-49(84)85)57(91)78-46(32-105-106(102,103)104)61(95)70-38(10)55(89)79-52(34(5)6)63(97)77-45(31-82)60(94)80-53(36(8)12-2)64(98)71-37(9)54(88)74-42(27-33(3)4)58(92)73-41(66(100)101)21-16-17-25-67/h13-15,19-20,33-38,40-47,51-53,82H,11-12,16-18,21-32,67-68H2,1-10H3,(H,69,90)(H,70,95)(H,71,98)(H,72,83)(H,73,92)(H,74,88)(H,75,93)(H,76,96)(H,77,97)(H,78,91)(H,79,89)(H,80,94)(H,84,85)(H,86,87)(H,100,101)(H2,102,103,104)/t35-,36-,37-,38-,40-,41-,42-,43-,44-,45-,46-,47-,51-,52-,53-/m0/s1. The summed E-state index contributed by atoms with van der Waals surface area (Å²) in [6, 6.07) is -11.6. The number of nitrogens with one attached hydrogen (secondary N) is 12. The summed E-state index contributed by atoms with van der Waals surface area (Å²) in [6.45, 7) is 12.6. The Kier molecular flexibility index (Phi) is 40.2. The first-order valence-electron chi connectivity index (χ1n) is 35.0. The molecule has 1 aliphatic heterocycles. The van der Waals surface area contributed by atoms with Gasteiger partial charge in [-0.15, -0.1) is 0 Å². The minimum absolute atomic E-state index is 0.0753. The Labute approximate surface area is 613 Å². The SMILES string of the molecule is CC[C@H](C)[C@H](N)C(=O)N1CCC[C@H]1C(=O)N[C@@H](Cc1ccccc1)C(=O)N[C@@H](CC(=O)O)C(=O)NCC(=O)N[C@@H](CCC(=O)O)C(=O)N[C@@H](COP(=O)(O)O)C(=O)N[C@@H](C)C(=O)N[C@H](C(=O)N[C@@H](CO)C(=O)N[C@H](C(=O)N[C@@H](C)C(=O)N[C@@H](CC(C)C)C(=O)N[C@@H](CCCCN)C(=O)O)[C@@H](C)CC)C(C)C. The van der Waals surface area contributed by atoms with Crippen LogP contribution in [0, 0.1) is 23.7 Å². The van der Waals surface area contributed by atoms with Crippen molar-refractivity contribution in [3.05, 3.63) is 35.9 Å². The maximum atomic E-state index is 14.0. The number of hydrogen-bond acceptors (Lipinski definition) is 21. The number of rotatable bonds is 48. The van der Waals surface area contributed by atoms with Crippen LogP contribution in [0.3, 0.4) is 0 Å². The maximum Gasteiger partial charge on any atom is 0.469 e. The van der Waals surface area contributed by atoms with Crippen LogP contribution in [0.5, 0.6) is 0 Å². The van der Waals surface area contributed by atoms with Crippen LogP contribution in [-0.4, -0.2) is 241 Å². The lowest BCUT2D eigenvalue weighted by Gasteiger charge is -2.30. The maximum absolute atomic E-state index is 14.0. The molecule has 1 aliphatic rings. The topological polar surface area (TPSA) is 620 Å². The zero-order valence-corrected chi connectivity index (χ0v) is 62.2. The third-order valence-electron chi connectivity index (χ3n) is 17.3. The molecular formula is C66H108N15O24P. The van der Waals surface area contributed by atoms with Crippen LogP contribution >= 0.6 is 7.82 Å². The number of carboxylic acids is 3. The molecule has 2 rings (SSSR count). The molecule has 0 saturated carbocycles. The quantitative estimate of drug-likeness (QED) is 0.0216. The lowest BCUT2D eigenvalue weighted by molar-refractivity contribution is -0.143. The summed E-state index contributed by atoms with van der Waals surface area (Å²) in [5.74, 6) is -19.8. The summed E-state index contributed by atoms with van der Waals surface area (Å²) in [5.41, 5.74) is 12.3. The Morgan fingerprint density at radius 2 is 1.08 bits per heavy atom. The van der Waals surface area contributed by atoms with Gasteiger partial charge in [0.2, 0.25) is 76.8 Å². The molecule has 1 fully saturated rings. The molecule has 0 radical (unpaired) electrons. The molecule has 1 aromatic rings. The molecule has 1 saturated heterocycles. The van der Waals surface area contributed by atoms with E-state index in [1.165, 1.54) is 25.7 Å². The summed E-state index contributed by atoms with van der Waals surface area (Å²) in [6.07, 6.45) is -0.344. The highest BCUT2D eigenvalue weighted by molar-refractivity contribution is 7.46. The summed E-state index contributed by atoms with van der Waals surface area (Å²) in [5, 5.41) is 67.3. The van der Waals surface area contributed by atoms with Gasteiger partial charge in [-0.25, -0.2) is 9.36 Å². The first-order chi connectivity index (χ1) is 49.6. The summed E-state index contributed by atoms with van der Waals surface area (Å²) >= 11 is 0. The van der Waals surface area contributed by atoms with Gasteiger partial charge in [-0.3, -0.25) is 76.4 Å². The van der Waals surface area contributed by atoms with Gasteiger partial charge in [-0.05, 0) is 94.6 Å². The van der Waals surface area contributed by atoms with E-state index in [-0.39, 0.29) is 50.5 Å². The van der Waals surface area contributed by atoms with Crippen molar-refractivity contribution in [1.29, 1.82) is 0 Å². The van der Waals surface area contributed by atoms with E-state index in [2.05, 4.69) is 63.0 Å². The van der Waals surface area contributed by atoms with Crippen LogP contribution in [0.15, 0.2) is 30.3 Å². The molecular weight excluding hydrogens is 1420 g/mol. The molecule has 596 valence electrons. The second-order valence-corrected chi connectivity index (χ2v) is 28.0. The first-order valence-corrected chi connectivity index (χ1v) is 36.5. The number of nitrogens with zero attached hydrogens (tertiary/aromatic N) is 1. The second-order valence-electron chi connectivity index (χ2n) is 26.8. The predicted molar refractivity (Wildman–Crippen MR) is 376 cm³/mol. The van der Waals surface area contributed by atoms with E-state index in [0.29, 0.717) is 37.8 Å². The molecule has 22 N–H and O–H groups in total. The molecule has 0 aliphatic carbocycles. The van der Waals surface area contributed by atoms with Crippen LogP contribution in [0.25, 0.3) is 0 Å². The van der Waals surface area contributed by atoms with Crippen molar-refractivity contribution in [3.63, 3.8) is 0 Å². The number of hydrogen-bond donors (Lipinski definition) is 20. The van der Waals surface area contributed by atoms with Gasteiger partial charge in [0.15, 0.2) is 0 Å². The summed E-state index contributed by atoms with van der Waals surface area (Å²) in [7, 11) is -5.48. The number of unbranched alkanes of at least 4 members (excludes halogenated alkanes) is 1. The number of carbonyl (C=O) groups excluding carboxylic acids is 13. The molecule has 40 heteroatoms. The first kappa shape index (κ1) is 92.8. The number of aliphatic hydroxyl groups excluding tert-OH is 1. The van der Waals surface area contributed by atoms with Gasteiger partial charge in [0.05, 0.1) is 32.2 Å². The van der Waals surface area contributed by atoms with E-state index in [1.54, 1.807) is 65.0 Å². The van der Waals surface area contributed by atoms with E-state index >= 15 is 0 Å². The van der Waals surface area contributed by atoms with E-state index < -0.39 is 232 Å². The molecule has 0 spiro atoms. The van der Waals surface area contributed by atoms with Crippen molar-refractivity contribution in [2.75, 3.05) is 32.8 Å². The number of carboxylic acid groups (broad SMARTS) is 3. The van der Waals surface area contributed by atoms with Crippen LogP contribution in [0.4, 0.5) is 0 Å². The highest BCUT2D eigenvalue weighted by Crippen LogP contribution is 2.35. The number of likely N-dealkylation sites (tertiary alicyclic amines) is 1. The van der Waals surface area contributed by atoms with Gasteiger partial charge in [-0.1, -0.05) is 98.6 Å². The number of aliphatic hydroxyl groups is 1. The van der Waals surface area contributed by atoms with E-state index in [9.17, 15) is 111 Å². The zero-order chi connectivity index (χ0) is 80.5. The van der Waals surface area contributed by atoms with Crippen molar-refractivity contribution >= 4 is 103 Å². The smallest absolute Gasteiger partial charge is 0.469 e. The fourth-order valence-corrected chi connectivity index (χ4v) is 11.0. The Morgan fingerprint density at radius 1 is 0.566 bits per heavy atom. The average Bonchev–Trinajstić information content (AvgIpc) is 1.61. The fourth-order valence-electron chi connectivity index (χ4n) is 10.7. The van der Waals surface area contributed by atoms with Crippen molar-refractivity contribution in [1.82, 2.24) is 68.7 Å². The molecule has 1 heterocycles. The Hall–Kier alpha value is -9.27. The lowest BCUT2D eigenvalue weighted by Crippen LogP contribution is -2.62. The number of carbonyl (C=O) groups is 16. The number of phosphoric acid groups is 1. The minimum atomic E-state index is -5.48. The fraction of sp³-hybridized carbons (Fsp3) is 0.667. The number of phosphoric ester groups is 1. The van der Waals surface area contributed by atoms with Gasteiger partial charge in [0, 0.05) is 19.4 Å². The molecule has 0 bridgehead atoms. The molecule has 39 nitrogen and oxygen atoms in total. The largest absolute Gasteiger partial charge is 0.481 e. The van der Waals surface area contributed by atoms with Crippen LogP contribution in [-0.2, 0) is 92.2 Å². The average molecular weight is 1530 g/mol. The Balaban J connectivity index is 2.28. The number of amides is 13.